The summed E-state index contributed by atoms with van der Waals surface area (Å²) in [5.74, 6) is 0. The van der Waals surface area contributed by atoms with Crippen molar-refractivity contribution in [1.82, 2.24) is 0 Å². The van der Waals surface area contributed by atoms with Gasteiger partial charge in [0.25, 0.3) is 0 Å². The van der Waals surface area contributed by atoms with Crippen molar-refractivity contribution in [1.29, 1.82) is 0 Å². The molecule has 0 bridgehead atoms. The quantitative estimate of drug-likeness (QED) is 0.523. The van der Waals surface area contributed by atoms with E-state index in [1.165, 1.54) is 0 Å². The Morgan fingerprint density at radius 2 is 1.50 bits per heavy atom. The van der Waals surface area contributed by atoms with Crippen molar-refractivity contribution in [3.63, 3.8) is 0 Å². The maximum Gasteiger partial charge on any atom is 0.184 e. The lowest BCUT2D eigenvalue weighted by Crippen LogP contribution is -2.25. The van der Waals surface area contributed by atoms with Crippen LogP contribution in [0.5, 0.6) is 0 Å². The Kier molecular flexibility index (Phi) is 2.70. The van der Waals surface area contributed by atoms with Gasteiger partial charge in [-0.05, 0) is 33.5 Å². The Balaban J connectivity index is 3.39. The molecule has 0 spiro atoms. The molecule has 0 fully saturated rings. The summed E-state index contributed by atoms with van der Waals surface area (Å²) in [6, 6.07) is 0. The average Bonchev–Trinajstić information content (AvgIpc) is 1.21. The molecule has 0 saturated heterocycles. The van der Waals surface area contributed by atoms with E-state index in [0.29, 0.717) is 0 Å². The van der Waals surface area contributed by atoms with E-state index in [9.17, 15) is 0 Å². The summed E-state index contributed by atoms with van der Waals surface area (Å²) in [7, 11) is -1.26. The van der Waals surface area contributed by atoms with Gasteiger partial charge in [0.05, 0.1) is 6.10 Å². The normalized spacial score (nSPS) is 12.8. The molecule has 0 saturated carbocycles. The van der Waals surface area contributed by atoms with Crippen LogP contribution in [0, 0.1) is 6.10 Å². The molecule has 0 atom stereocenters. The van der Waals surface area contributed by atoms with Crippen LogP contribution < -0.4 is 0 Å². The van der Waals surface area contributed by atoms with Crippen LogP contribution in [-0.4, -0.2) is 8.32 Å². The number of hydrogen-bond acceptors (Lipinski definition) is 1. The van der Waals surface area contributed by atoms with Crippen LogP contribution >= 0.6 is 0 Å². The zero-order valence-corrected chi connectivity index (χ0v) is 7.41. The summed E-state index contributed by atoms with van der Waals surface area (Å²) in [4.78, 5) is 0. The third-order valence-corrected chi connectivity index (χ3v) is 1.53. The molecule has 0 aromatic rings. The fourth-order valence-corrected chi connectivity index (χ4v) is 1.84. The Bertz CT molecular complexity index is 63.4. The van der Waals surface area contributed by atoms with Gasteiger partial charge in [-0.25, -0.2) is 0 Å². The largest absolute Gasteiger partial charge is 0.410 e. The van der Waals surface area contributed by atoms with Gasteiger partial charge in [-0.1, -0.05) is 0 Å². The predicted octanol–water partition coefficient (Wildman–Crippen LogP) is 2.41. The second-order valence-electron chi connectivity index (χ2n) is 3.12. The zero-order chi connectivity index (χ0) is 6.78. The molecule has 0 aromatic carbocycles. The Morgan fingerprint density at radius 3 is 1.50 bits per heavy atom. The molecule has 0 unspecified atom stereocenters. The van der Waals surface area contributed by atoms with Crippen molar-refractivity contribution in [2.24, 2.45) is 0 Å². The van der Waals surface area contributed by atoms with E-state index in [-0.39, 0.29) is 0 Å². The molecular weight excluding hydrogens is 116 g/mol. The van der Waals surface area contributed by atoms with E-state index in [4.69, 9.17) is 4.43 Å². The summed E-state index contributed by atoms with van der Waals surface area (Å²) in [5.41, 5.74) is 0. The maximum absolute atomic E-state index is 5.49. The third-order valence-electron chi connectivity index (χ3n) is 0.510. The van der Waals surface area contributed by atoms with Gasteiger partial charge >= 0.3 is 0 Å². The molecule has 0 rings (SSSR count). The minimum absolute atomic E-state index is 1.09. The molecule has 0 amide bonds. The summed E-state index contributed by atoms with van der Waals surface area (Å²) < 4.78 is 5.49. The lowest BCUT2D eigenvalue weighted by Gasteiger charge is -2.19. The van der Waals surface area contributed by atoms with Gasteiger partial charge in [-0.2, -0.15) is 0 Å². The molecule has 1 nitrogen and oxygen atoms in total. The van der Waals surface area contributed by atoms with Gasteiger partial charge in [0.1, 0.15) is 0 Å². The molecule has 1 radical (unpaired) electrons. The van der Waals surface area contributed by atoms with Crippen molar-refractivity contribution in [2.45, 2.75) is 33.5 Å². The van der Waals surface area contributed by atoms with Gasteiger partial charge in [-0.15, -0.1) is 0 Å². The maximum atomic E-state index is 5.49. The van der Waals surface area contributed by atoms with Crippen LogP contribution in [0.4, 0.5) is 0 Å². The molecule has 0 aliphatic carbocycles. The molecule has 0 aliphatic heterocycles. The van der Waals surface area contributed by atoms with Crippen molar-refractivity contribution in [3.05, 3.63) is 6.10 Å². The highest BCUT2D eigenvalue weighted by molar-refractivity contribution is 6.69. The molecular formula is C6H15OSi. The third kappa shape index (κ3) is 6.18. The second kappa shape index (κ2) is 2.64. The zero-order valence-electron chi connectivity index (χ0n) is 6.41. The van der Waals surface area contributed by atoms with Crippen molar-refractivity contribution < 1.29 is 4.43 Å². The van der Waals surface area contributed by atoms with Gasteiger partial charge in [0.15, 0.2) is 8.32 Å². The number of hydrogen-bond donors (Lipinski definition) is 0. The molecule has 0 N–H and O–H groups in total. The van der Waals surface area contributed by atoms with Crippen molar-refractivity contribution >= 4 is 8.32 Å². The van der Waals surface area contributed by atoms with E-state index in [1.54, 1.807) is 0 Å². The highest BCUT2D eigenvalue weighted by Gasteiger charge is 2.15. The fourth-order valence-electron chi connectivity index (χ4n) is 0.612. The first-order chi connectivity index (χ1) is 3.42. The van der Waals surface area contributed by atoms with E-state index >= 15 is 0 Å². The molecule has 8 heavy (non-hydrogen) atoms. The first-order valence-electron chi connectivity index (χ1n) is 2.91. The van der Waals surface area contributed by atoms with E-state index in [2.05, 4.69) is 19.6 Å². The van der Waals surface area contributed by atoms with E-state index < -0.39 is 8.32 Å². The first-order valence-corrected chi connectivity index (χ1v) is 6.32. The lowest BCUT2D eigenvalue weighted by molar-refractivity contribution is 0.340. The highest BCUT2D eigenvalue weighted by atomic mass is 28.4. The van der Waals surface area contributed by atoms with E-state index in [1.807, 2.05) is 13.8 Å². The second-order valence-corrected chi connectivity index (χ2v) is 7.55. The highest BCUT2D eigenvalue weighted by Crippen LogP contribution is 2.10. The molecule has 49 valence electrons. The average molecular weight is 131 g/mol. The van der Waals surface area contributed by atoms with Gasteiger partial charge in [0, 0.05) is 0 Å². The Labute approximate surface area is 53.2 Å². The van der Waals surface area contributed by atoms with Crippen LogP contribution in [0.2, 0.25) is 19.6 Å². The van der Waals surface area contributed by atoms with Crippen LogP contribution in [0.1, 0.15) is 13.8 Å². The number of rotatable bonds is 2. The van der Waals surface area contributed by atoms with Crippen LogP contribution in [0.3, 0.4) is 0 Å². The molecule has 2 heteroatoms. The van der Waals surface area contributed by atoms with Crippen LogP contribution in [0.15, 0.2) is 0 Å². The summed E-state index contributed by atoms with van der Waals surface area (Å²) in [5, 5.41) is 0. The molecule has 0 heterocycles. The predicted molar refractivity (Wildman–Crippen MR) is 39.0 cm³/mol. The van der Waals surface area contributed by atoms with Crippen molar-refractivity contribution in [2.75, 3.05) is 0 Å². The molecule has 0 aliphatic rings. The standard InChI is InChI=1S/C6H15OSi/c1-6(2)7-8(3,4)5/h1-5H3. The minimum Gasteiger partial charge on any atom is -0.410 e. The topological polar surface area (TPSA) is 9.23 Å². The molecule has 0 aromatic heterocycles. The van der Waals surface area contributed by atoms with Crippen LogP contribution in [0.25, 0.3) is 0 Å². The van der Waals surface area contributed by atoms with E-state index in [0.717, 1.165) is 6.10 Å². The minimum atomic E-state index is -1.26. The van der Waals surface area contributed by atoms with Gasteiger partial charge in [-0.3, -0.25) is 0 Å². The fraction of sp³-hybridized carbons (Fsp3) is 0.833. The lowest BCUT2D eigenvalue weighted by atomic mass is 10.5. The Morgan fingerprint density at radius 1 is 1.12 bits per heavy atom. The first kappa shape index (κ1) is 8.18. The van der Waals surface area contributed by atoms with Crippen molar-refractivity contribution in [3.8, 4) is 0 Å². The van der Waals surface area contributed by atoms with Gasteiger partial charge in [0.2, 0.25) is 0 Å². The summed E-state index contributed by atoms with van der Waals surface area (Å²) in [6.45, 7) is 10.5. The monoisotopic (exact) mass is 131 g/mol. The summed E-state index contributed by atoms with van der Waals surface area (Å²) in [6.07, 6.45) is 1.09. The SMILES string of the molecule is C[C](C)O[Si](C)(C)C. The van der Waals surface area contributed by atoms with Gasteiger partial charge < -0.3 is 4.43 Å². The summed E-state index contributed by atoms with van der Waals surface area (Å²) >= 11 is 0. The smallest absolute Gasteiger partial charge is 0.184 e. The van der Waals surface area contributed by atoms with Crippen LogP contribution in [-0.2, 0) is 4.43 Å². The Hall–Kier alpha value is 0.177.